The second-order valence-electron chi connectivity index (χ2n) is 12.5. The van der Waals surface area contributed by atoms with E-state index in [2.05, 4.69) is 59.7 Å². The minimum absolute atomic E-state index is 0.00604. The van der Waals surface area contributed by atoms with Crippen molar-refractivity contribution in [2.45, 2.75) is 58.8 Å². The first kappa shape index (κ1) is 33.9. The molecule has 0 saturated carbocycles. The second kappa shape index (κ2) is 13.1. The highest BCUT2D eigenvalue weighted by Crippen LogP contribution is 2.67. The summed E-state index contributed by atoms with van der Waals surface area (Å²) in [4.78, 5) is 0. The van der Waals surface area contributed by atoms with E-state index in [1.807, 2.05) is 0 Å². The molecular weight excluding hydrogens is 670 g/mol. The Morgan fingerprint density at radius 1 is 0.513 bits per heavy atom. The van der Waals surface area contributed by atoms with Gasteiger partial charge in [-0.1, -0.05) is 93.9 Å². The second-order valence-corrected chi connectivity index (χ2v) is 31.4. The lowest BCUT2D eigenvalue weighted by atomic mass is 9.97. The number of hydrogen-bond donors (Lipinski definition) is 0. The van der Waals surface area contributed by atoms with Crippen molar-refractivity contribution in [3.05, 3.63) is 34.9 Å². The third-order valence-electron chi connectivity index (χ3n) is 5.96. The molecule has 0 atom stereocenters. The Morgan fingerprint density at radius 2 is 0.718 bits per heavy atom. The lowest BCUT2D eigenvalue weighted by Gasteiger charge is -2.36. The minimum atomic E-state index is -2.37. The molecule has 3 saturated heterocycles. The van der Waals surface area contributed by atoms with Gasteiger partial charge in [0.1, 0.15) is 0 Å². The van der Waals surface area contributed by atoms with E-state index < -0.39 is 17.1 Å². The van der Waals surface area contributed by atoms with Crippen molar-refractivity contribution in [2.24, 2.45) is 16.2 Å². The summed E-state index contributed by atoms with van der Waals surface area (Å²) in [6, 6.07) is 6.65. The molecule has 3 fully saturated rings. The summed E-state index contributed by atoms with van der Waals surface area (Å²) in [7, 11) is 0. The largest absolute Gasteiger partial charge is 0.321 e. The molecule has 0 amide bonds. The SMILES string of the molecule is CC1(C)COP(=S)(SCc2cc(CSP3(=S)OCC(C)(C)CO3)cc(CSP3(=S)OCC(C)(C)CO3)c2)OC1. The molecule has 3 aliphatic rings. The predicted octanol–water partition coefficient (Wildman–Crippen LogP) is 9.28. The van der Waals surface area contributed by atoms with Crippen molar-refractivity contribution in [1.29, 1.82) is 0 Å². The van der Waals surface area contributed by atoms with Gasteiger partial charge < -0.3 is 27.1 Å². The summed E-state index contributed by atoms with van der Waals surface area (Å²) in [5, 5.41) is 0. The van der Waals surface area contributed by atoms with E-state index in [-0.39, 0.29) is 16.2 Å². The molecule has 15 heteroatoms. The molecule has 1 aromatic rings. The predicted molar refractivity (Wildman–Crippen MR) is 180 cm³/mol. The van der Waals surface area contributed by atoms with E-state index in [0.717, 1.165) is 0 Å². The molecule has 3 aliphatic heterocycles. The van der Waals surface area contributed by atoms with Gasteiger partial charge in [0.15, 0.2) is 0 Å². The highest BCUT2D eigenvalue weighted by molar-refractivity contribution is 8.68. The van der Waals surface area contributed by atoms with Crippen molar-refractivity contribution in [2.75, 3.05) is 39.6 Å². The number of benzene rings is 1. The maximum Gasteiger partial charge on any atom is 0.247 e. The van der Waals surface area contributed by atoms with Crippen LogP contribution in [0, 0.1) is 16.2 Å². The van der Waals surface area contributed by atoms with E-state index in [4.69, 9.17) is 62.6 Å². The molecule has 0 N–H and O–H groups in total. The molecule has 4 rings (SSSR count). The average molecular weight is 709 g/mol. The summed E-state index contributed by atoms with van der Waals surface area (Å²) in [5.41, 5.74) is -3.63. The van der Waals surface area contributed by atoms with Crippen molar-refractivity contribution in [1.82, 2.24) is 0 Å². The van der Waals surface area contributed by atoms with Crippen molar-refractivity contribution in [3.63, 3.8) is 0 Å². The van der Waals surface area contributed by atoms with Gasteiger partial charge in [-0.2, -0.15) is 0 Å². The number of rotatable bonds is 9. The third kappa shape index (κ3) is 10.5. The molecule has 0 bridgehead atoms. The monoisotopic (exact) mass is 708 g/mol. The molecule has 222 valence electrons. The van der Waals surface area contributed by atoms with Crippen LogP contribution in [0.1, 0.15) is 58.2 Å². The van der Waals surface area contributed by atoms with Crippen LogP contribution in [0.2, 0.25) is 0 Å². The standard InChI is InChI=1S/C24H39O6P3S6/c1-22(2)13-25-31(34,26-14-22)37-10-19-7-20(11-38-32(35)27-15-23(3,4)16-28-32)9-21(8-19)12-39-33(36)29-17-24(5,6)18-30-33/h7-9H,10-18H2,1-6H3. The summed E-state index contributed by atoms with van der Waals surface area (Å²) in [6.45, 7) is 16.5. The Morgan fingerprint density at radius 3 is 0.923 bits per heavy atom. The maximum absolute atomic E-state index is 6.05. The van der Waals surface area contributed by atoms with E-state index in [9.17, 15) is 0 Å². The number of hydrogen-bond acceptors (Lipinski definition) is 12. The summed E-state index contributed by atoms with van der Waals surface area (Å²) in [5.74, 6) is 2.12. The Bertz CT molecular complexity index is 996. The van der Waals surface area contributed by atoms with Crippen LogP contribution in [0.15, 0.2) is 18.2 Å². The molecule has 39 heavy (non-hydrogen) atoms. The zero-order valence-corrected chi connectivity index (χ0v) is 30.9. The normalized spacial score (nSPS) is 26.6. The van der Waals surface area contributed by atoms with Gasteiger partial charge in [-0.05, 0) is 52.1 Å². The summed E-state index contributed by atoms with van der Waals surface area (Å²) >= 11 is 22.2. The molecule has 1 aromatic carbocycles. The molecule has 6 nitrogen and oxygen atoms in total. The highest BCUT2D eigenvalue weighted by atomic mass is 32.9. The fraction of sp³-hybridized carbons (Fsp3) is 0.750. The molecule has 0 unspecified atom stereocenters. The van der Waals surface area contributed by atoms with Crippen molar-refractivity contribution in [3.8, 4) is 0 Å². The summed E-state index contributed by atoms with van der Waals surface area (Å²) < 4.78 is 36.3. The van der Waals surface area contributed by atoms with E-state index in [0.29, 0.717) is 56.9 Å². The van der Waals surface area contributed by atoms with E-state index >= 15 is 0 Å². The van der Waals surface area contributed by atoms with Gasteiger partial charge in [-0.25, -0.2) is 0 Å². The Kier molecular flexibility index (Phi) is 11.4. The van der Waals surface area contributed by atoms with Crippen LogP contribution >= 0.6 is 51.2 Å². The lowest BCUT2D eigenvalue weighted by Crippen LogP contribution is -2.28. The van der Waals surface area contributed by atoms with Crippen LogP contribution < -0.4 is 0 Å². The third-order valence-corrected chi connectivity index (χ3v) is 21.6. The van der Waals surface area contributed by atoms with Gasteiger partial charge in [0.2, 0.25) is 17.1 Å². The van der Waals surface area contributed by atoms with Crippen LogP contribution in [-0.2, 0) is 79.8 Å². The zero-order valence-electron chi connectivity index (χ0n) is 23.3. The molecular formula is C24H39O6P3S6. The van der Waals surface area contributed by atoms with Crippen LogP contribution in [0.4, 0.5) is 0 Å². The molecule has 3 heterocycles. The molecule has 0 aromatic heterocycles. The first-order valence-electron chi connectivity index (χ1n) is 12.7. The Labute approximate surface area is 261 Å². The zero-order chi connectivity index (χ0) is 28.6. The Balaban J connectivity index is 1.45. The topological polar surface area (TPSA) is 55.4 Å². The van der Waals surface area contributed by atoms with Gasteiger partial charge in [0.25, 0.3) is 0 Å². The van der Waals surface area contributed by atoms with E-state index in [1.54, 1.807) is 34.1 Å². The molecule has 0 radical (unpaired) electrons. The van der Waals surface area contributed by atoms with Gasteiger partial charge in [-0.3, -0.25) is 0 Å². The highest BCUT2D eigenvalue weighted by Gasteiger charge is 2.36. The minimum Gasteiger partial charge on any atom is -0.321 e. The van der Waals surface area contributed by atoms with Crippen molar-refractivity contribution < 1.29 is 27.1 Å². The first-order valence-corrected chi connectivity index (χ1v) is 25.4. The van der Waals surface area contributed by atoms with Gasteiger partial charge in [0, 0.05) is 33.5 Å². The fourth-order valence-corrected chi connectivity index (χ4v) is 16.1. The van der Waals surface area contributed by atoms with Crippen LogP contribution in [0.5, 0.6) is 0 Å². The average Bonchev–Trinajstić information content (AvgIpc) is 2.87. The van der Waals surface area contributed by atoms with Gasteiger partial charge >= 0.3 is 0 Å². The fourth-order valence-electron chi connectivity index (χ4n) is 3.53. The summed E-state index contributed by atoms with van der Waals surface area (Å²) in [6.07, 6.45) is 0. The smallest absolute Gasteiger partial charge is 0.247 e. The van der Waals surface area contributed by atoms with Crippen LogP contribution in [-0.4, -0.2) is 39.6 Å². The maximum atomic E-state index is 6.05. The van der Waals surface area contributed by atoms with Crippen LogP contribution in [0.25, 0.3) is 0 Å². The quantitative estimate of drug-likeness (QED) is 0.230. The van der Waals surface area contributed by atoms with Gasteiger partial charge in [0.05, 0.1) is 39.6 Å². The van der Waals surface area contributed by atoms with Crippen LogP contribution in [0.3, 0.4) is 0 Å². The van der Waals surface area contributed by atoms with E-state index in [1.165, 1.54) is 16.7 Å². The van der Waals surface area contributed by atoms with Gasteiger partial charge in [-0.15, -0.1) is 0 Å². The van der Waals surface area contributed by atoms with Crippen molar-refractivity contribution >= 4 is 86.6 Å². The molecule has 0 aliphatic carbocycles. The first-order chi connectivity index (χ1) is 18.0. The molecule has 0 spiro atoms. The lowest BCUT2D eigenvalue weighted by molar-refractivity contribution is 0.0671. The Hall–Kier alpha value is 1.98.